The van der Waals surface area contributed by atoms with Crippen molar-refractivity contribution < 1.29 is 9.84 Å². The second-order valence-electron chi connectivity index (χ2n) is 3.75. The Kier molecular flexibility index (Phi) is 4.62. The monoisotopic (exact) mass is 172 g/mol. The Morgan fingerprint density at radius 3 is 2.92 bits per heavy atom. The van der Waals surface area contributed by atoms with Gasteiger partial charge in [0.15, 0.2) is 0 Å². The van der Waals surface area contributed by atoms with Crippen LogP contribution in [-0.2, 0) is 4.74 Å². The molecule has 0 aromatic carbocycles. The highest BCUT2D eigenvalue weighted by Gasteiger charge is 2.16. The first-order valence-electron chi connectivity index (χ1n) is 5.08. The Morgan fingerprint density at radius 1 is 1.50 bits per heavy atom. The van der Waals surface area contributed by atoms with E-state index < -0.39 is 0 Å². The van der Waals surface area contributed by atoms with Crippen LogP contribution in [0.25, 0.3) is 0 Å². The average molecular weight is 172 g/mol. The number of ether oxygens (including phenoxy) is 1. The molecule has 2 heteroatoms. The van der Waals surface area contributed by atoms with Crippen LogP contribution in [-0.4, -0.2) is 24.4 Å². The fourth-order valence-electron chi connectivity index (χ4n) is 1.72. The van der Waals surface area contributed by atoms with Crippen LogP contribution in [0.1, 0.15) is 39.0 Å². The highest BCUT2D eigenvalue weighted by Crippen LogP contribution is 2.19. The second-order valence-corrected chi connectivity index (χ2v) is 3.75. The molecule has 1 saturated heterocycles. The zero-order valence-electron chi connectivity index (χ0n) is 7.96. The first-order valence-corrected chi connectivity index (χ1v) is 5.08. The van der Waals surface area contributed by atoms with E-state index in [4.69, 9.17) is 4.74 Å². The summed E-state index contributed by atoms with van der Waals surface area (Å²) in [6.45, 7) is 3.95. The highest BCUT2D eigenvalue weighted by molar-refractivity contribution is 4.66. The summed E-state index contributed by atoms with van der Waals surface area (Å²) < 4.78 is 5.27. The van der Waals surface area contributed by atoms with E-state index in [9.17, 15) is 5.11 Å². The van der Waals surface area contributed by atoms with Gasteiger partial charge in [-0.25, -0.2) is 0 Å². The molecule has 2 atom stereocenters. The van der Waals surface area contributed by atoms with E-state index in [2.05, 4.69) is 6.92 Å². The number of aliphatic hydroxyl groups excluding tert-OH is 1. The minimum absolute atomic E-state index is 0.0735. The SMILES string of the molecule is CCCC(O)CCC1CCOC1. The summed E-state index contributed by atoms with van der Waals surface area (Å²) in [4.78, 5) is 0. The summed E-state index contributed by atoms with van der Waals surface area (Å²) in [6, 6.07) is 0. The van der Waals surface area contributed by atoms with Gasteiger partial charge in [0.25, 0.3) is 0 Å². The lowest BCUT2D eigenvalue weighted by molar-refractivity contribution is 0.138. The molecule has 0 amide bonds. The van der Waals surface area contributed by atoms with Crippen LogP contribution in [0.4, 0.5) is 0 Å². The maximum absolute atomic E-state index is 9.47. The molecule has 0 bridgehead atoms. The van der Waals surface area contributed by atoms with Crippen molar-refractivity contribution in [3.05, 3.63) is 0 Å². The van der Waals surface area contributed by atoms with Crippen molar-refractivity contribution in [2.24, 2.45) is 5.92 Å². The average Bonchev–Trinajstić information content (AvgIpc) is 2.53. The summed E-state index contributed by atoms with van der Waals surface area (Å²) in [5.74, 6) is 0.719. The van der Waals surface area contributed by atoms with Crippen molar-refractivity contribution in [3.63, 3.8) is 0 Å². The van der Waals surface area contributed by atoms with E-state index >= 15 is 0 Å². The van der Waals surface area contributed by atoms with Gasteiger partial charge in [0.2, 0.25) is 0 Å². The van der Waals surface area contributed by atoms with E-state index in [0.717, 1.165) is 44.8 Å². The number of hydrogen-bond acceptors (Lipinski definition) is 2. The van der Waals surface area contributed by atoms with E-state index in [1.54, 1.807) is 0 Å². The van der Waals surface area contributed by atoms with Gasteiger partial charge in [-0.2, -0.15) is 0 Å². The Balaban J connectivity index is 1.99. The van der Waals surface area contributed by atoms with Crippen LogP contribution >= 0.6 is 0 Å². The molecule has 12 heavy (non-hydrogen) atoms. The third-order valence-corrected chi connectivity index (χ3v) is 2.55. The lowest BCUT2D eigenvalue weighted by atomic mass is 9.99. The van der Waals surface area contributed by atoms with Gasteiger partial charge in [0, 0.05) is 13.2 Å². The predicted molar refractivity (Wildman–Crippen MR) is 49.1 cm³/mol. The van der Waals surface area contributed by atoms with Gasteiger partial charge in [-0.1, -0.05) is 13.3 Å². The fraction of sp³-hybridized carbons (Fsp3) is 1.00. The van der Waals surface area contributed by atoms with Crippen molar-refractivity contribution in [2.75, 3.05) is 13.2 Å². The Morgan fingerprint density at radius 2 is 2.33 bits per heavy atom. The van der Waals surface area contributed by atoms with Gasteiger partial charge < -0.3 is 9.84 Å². The molecule has 72 valence electrons. The Hall–Kier alpha value is -0.0800. The first kappa shape index (κ1) is 10.0. The van der Waals surface area contributed by atoms with Crippen LogP contribution < -0.4 is 0 Å². The van der Waals surface area contributed by atoms with Crippen LogP contribution in [0.2, 0.25) is 0 Å². The summed E-state index contributed by atoms with van der Waals surface area (Å²) >= 11 is 0. The zero-order chi connectivity index (χ0) is 8.81. The van der Waals surface area contributed by atoms with E-state index in [-0.39, 0.29) is 6.10 Å². The molecule has 0 aromatic heterocycles. The fourth-order valence-corrected chi connectivity index (χ4v) is 1.72. The van der Waals surface area contributed by atoms with Crippen LogP contribution in [0.15, 0.2) is 0 Å². The van der Waals surface area contributed by atoms with Gasteiger partial charge >= 0.3 is 0 Å². The Bertz CT molecular complexity index is 108. The predicted octanol–water partition coefficient (Wildman–Crippen LogP) is 1.96. The van der Waals surface area contributed by atoms with Gasteiger partial charge in [0.05, 0.1) is 6.10 Å². The molecule has 2 nitrogen and oxygen atoms in total. The topological polar surface area (TPSA) is 29.5 Å². The molecule has 1 aliphatic rings. The molecule has 1 N–H and O–H groups in total. The molecule has 0 aliphatic carbocycles. The third-order valence-electron chi connectivity index (χ3n) is 2.55. The number of aliphatic hydroxyl groups is 1. The van der Waals surface area contributed by atoms with Crippen molar-refractivity contribution in [1.29, 1.82) is 0 Å². The third kappa shape index (κ3) is 3.55. The summed E-state index contributed by atoms with van der Waals surface area (Å²) in [5, 5.41) is 9.47. The molecular formula is C10H20O2. The lowest BCUT2D eigenvalue weighted by Gasteiger charge is -2.11. The van der Waals surface area contributed by atoms with Crippen molar-refractivity contribution >= 4 is 0 Å². The van der Waals surface area contributed by atoms with E-state index in [1.807, 2.05) is 0 Å². The molecule has 0 radical (unpaired) electrons. The minimum Gasteiger partial charge on any atom is -0.393 e. The number of hydrogen-bond donors (Lipinski definition) is 1. The first-order chi connectivity index (χ1) is 5.83. The van der Waals surface area contributed by atoms with Crippen LogP contribution in [0, 0.1) is 5.92 Å². The molecule has 1 aliphatic heterocycles. The zero-order valence-corrected chi connectivity index (χ0v) is 7.96. The normalized spacial score (nSPS) is 26.0. The molecule has 1 rings (SSSR count). The van der Waals surface area contributed by atoms with Crippen LogP contribution in [0.3, 0.4) is 0 Å². The number of rotatable bonds is 5. The summed E-state index contributed by atoms with van der Waals surface area (Å²) in [5.41, 5.74) is 0. The molecule has 2 unspecified atom stereocenters. The Labute approximate surface area is 74.9 Å². The molecule has 1 fully saturated rings. The van der Waals surface area contributed by atoms with Crippen molar-refractivity contribution in [2.45, 2.75) is 45.1 Å². The lowest BCUT2D eigenvalue weighted by Crippen LogP contribution is -2.09. The molecular weight excluding hydrogens is 152 g/mol. The van der Waals surface area contributed by atoms with E-state index in [1.165, 1.54) is 6.42 Å². The molecule has 0 saturated carbocycles. The largest absolute Gasteiger partial charge is 0.393 e. The minimum atomic E-state index is -0.0735. The summed E-state index contributed by atoms with van der Waals surface area (Å²) in [6.07, 6.45) is 5.26. The standard InChI is InChI=1S/C10H20O2/c1-2-3-10(11)5-4-9-6-7-12-8-9/h9-11H,2-8H2,1H3. The maximum Gasteiger partial charge on any atom is 0.0540 e. The van der Waals surface area contributed by atoms with Crippen molar-refractivity contribution in [3.8, 4) is 0 Å². The van der Waals surface area contributed by atoms with E-state index in [0.29, 0.717) is 0 Å². The molecule has 0 spiro atoms. The van der Waals surface area contributed by atoms with Crippen LogP contribution in [0.5, 0.6) is 0 Å². The van der Waals surface area contributed by atoms with Gasteiger partial charge in [-0.15, -0.1) is 0 Å². The maximum atomic E-state index is 9.47. The van der Waals surface area contributed by atoms with Gasteiger partial charge in [-0.05, 0) is 31.6 Å². The highest BCUT2D eigenvalue weighted by atomic mass is 16.5. The van der Waals surface area contributed by atoms with Crippen molar-refractivity contribution in [1.82, 2.24) is 0 Å². The van der Waals surface area contributed by atoms with Gasteiger partial charge in [0.1, 0.15) is 0 Å². The second kappa shape index (κ2) is 5.55. The quantitative estimate of drug-likeness (QED) is 0.687. The smallest absolute Gasteiger partial charge is 0.0540 e. The molecule has 1 heterocycles. The molecule has 0 aromatic rings. The van der Waals surface area contributed by atoms with Gasteiger partial charge in [-0.3, -0.25) is 0 Å². The summed E-state index contributed by atoms with van der Waals surface area (Å²) in [7, 11) is 0.